The Bertz CT molecular complexity index is 366. The first-order valence-corrected chi connectivity index (χ1v) is 6.17. The Morgan fingerprint density at radius 3 is 3.00 bits per heavy atom. The van der Waals surface area contributed by atoms with Crippen molar-refractivity contribution in [2.75, 3.05) is 30.9 Å². The molecule has 2 rings (SSSR count). The van der Waals surface area contributed by atoms with Gasteiger partial charge in [0, 0.05) is 32.4 Å². The van der Waals surface area contributed by atoms with Gasteiger partial charge >= 0.3 is 0 Å². The molecule has 0 radical (unpaired) electrons. The normalized spacial score (nSPS) is 24.4. The van der Waals surface area contributed by atoms with Crippen molar-refractivity contribution >= 4 is 11.8 Å². The van der Waals surface area contributed by atoms with Crippen LogP contribution in [0.15, 0.2) is 12.3 Å². The fourth-order valence-corrected chi connectivity index (χ4v) is 2.08. The van der Waals surface area contributed by atoms with Crippen molar-refractivity contribution in [2.24, 2.45) is 0 Å². The molecule has 1 saturated heterocycles. The number of nitrogens with zero attached hydrogens (tertiary/aromatic N) is 3. The van der Waals surface area contributed by atoms with Crippen molar-refractivity contribution in [3.8, 4) is 0 Å². The van der Waals surface area contributed by atoms with Crippen LogP contribution in [0.2, 0.25) is 0 Å². The Kier molecular flexibility index (Phi) is 3.78. The van der Waals surface area contributed by atoms with Gasteiger partial charge in [0.25, 0.3) is 0 Å². The Balaban J connectivity index is 2.04. The Morgan fingerprint density at radius 2 is 2.29 bits per heavy atom. The number of hydrogen-bond acceptors (Lipinski definition) is 5. The molecule has 5 heteroatoms. The molecule has 1 aromatic heterocycles. The number of rotatable bonds is 3. The molecule has 2 N–H and O–H groups in total. The molecule has 17 heavy (non-hydrogen) atoms. The highest BCUT2D eigenvalue weighted by Crippen LogP contribution is 2.15. The van der Waals surface area contributed by atoms with E-state index in [1.54, 1.807) is 6.20 Å². The van der Waals surface area contributed by atoms with Crippen LogP contribution in [0.25, 0.3) is 0 Å². The minimum absolute atomic E-state index is 0.452. The minimum atomic E-state index is 0.452. The number of anilines is 2. The lowest BCUT2D eigenvalue weighted by Crippen LogP contribution is -2.46. The van der Waals surface area contributed by atoms with E-state index in [1.807, 2.05) is 25.1 Å². The molecule has 0 amide bonds. The first kappa shape index (κ1) is 12.1. The topological polar surface area (TPSA) is 53.1 Å². The van der Waals surface area contributed by atoms with Crippen LogP contribution in [0.1, 0.15) is 19.8 Å². The zero-order valence-electron chi connectivity index (χ0n) is 10.8. The summed E-state index contributed by atoms with van der Waals surface area (Å²) in [6.07, 6.45) is 4.20. The average Bonchev–Trinajstić information content (AvgIpc) is 2.32. The molecule has 1 aromatic rings. The molecule has 2 unspecified atom stereocenters. The first-order chi connectivity index (χ1) is 8.16. The van der Waals surface area contributed by atoms with Crippen LogP contribution in [0, 0.1) is 0 Å². The van der Waals surface area contributed by atoms with E-state index in [1.165, 1.54) is 12.8 Å². The minimum Gasteiger partial charge on any atom is -0.366 e. The number of piperidine rings is 1. The summed E-state index contributed by atoms with van der Waals surface area (Å²) in [6.45, 7) is 3.33. The van der Waals surface area contributed by atoms with Gasteiger partial charge in [0.15, 0.2) is 0 Å². The van der Waals surface area contributed by atoms with Crippen molar-refractivity contribution in [3.63, 3.8) is 0 Å². The molecule has 0 aliphatic carbocycles. The molecule has 1 aliphatic heterocycles. The van der Waals surface area contributed by atoms with Crippen LogP contribution in [-0.4, -0.2) is 42.7 Å². The van der Waals surface area contributed by atoms with E-state index in [0.29, 0.717) is 12.1 Å². The van der Waals surface area contributed by atoms with Crippen LogP contribution >= 0.6 is 0 Å². The summed E-state index contributed by atoms with van der Waals surface area (Å²) >= 11 is 0. The first-order valence-electron chi connectivity index (χ1n) is 6.17. The van der Waals surface area contributed by atoms with Gasteiger partial charge in [-0.15, -0.1) is 0 Å². The van der Waals surface area contributed by atoms with Gasteiger partial charge in [-0.05, 0) is 32.4 Å². The second-order valence-corrected chi connectivity index (χ2v) is 4.77. The maximum atomic E-state index is 4.48. The summed E-state index contributed by atoms with van der Waals surface area (Å²) in [7, 11) is 3.90. The predicted octanol–water partition coefficient (Wildman–Crippen LogP) is 1.09. The quantitative estimate of drug-likeness (QED) is 0.821. The van der Waals surface area contributed by atoms with Crippen LogP contribution in [0.3, 0.4) is 0 Å². The van der Waals surface area contributed by atoms with E-state index in [4.69, 9.17) is 0 Å². The highest BCUT2D eigenvalue weighted by atomic mass is 15.2. The van der Waals surface area contributed by atoms with E-state index < -0.39 is 0 Å². The van der Waals surface area contributed by atoms with Crippen molar-refractivity contribution in [3.05, 3.63) is 12.3 Å². The molecule has 2 heterocycles. The monoisotopic (exact) mass is 235 g/mol. The summed E-state index contributed by atoms with van der Waals surface area (Å²) in [4.78, 5) is 10.6. The summed E-state index contributed by atoms with van der Waals surface area (Å²) in [5.41, 5.74) is 0. The second-order valence-electron chi connectivity index (χ2n) is 4.77. The van der Waals surface area contributed by atoms with E-state index in [-0.39, 0.29) is 0 Å². The van der Waals surface area contributed by atoms with Crippen molar-refractivity contribution < 1.29 is 0 Å². The fraction of sp³-hybridized carbons (Fsp3) is 0.667. The highest BCUT2D eigenvalue weighted by Gasteiger charge is 2.20. The molecule has 2 atom stereocenters. The van der Waals surface area contributed by atoms with Gasteiger partial charge in [0.05, 0.1) is 0 Å². The van der Waals surface area contributed by atoms with Crippen molar-refractivity contribution in [1.29, 1.82) is 0 Å². The van der Waals surface area contributed by atoms with Crippen LogP contribution in [0.4, 0.5) is 11.8 Å². The third-order valence-electron chi connectivity index (χ3n) is 3.14. The Labute approximate surface area is 103 Å². The summed E-state index contributed by atoms with van der Waals surface area (Å²) in [6, 6.07) is 2.86. The number of aromatic nitrogens is 2. The average molecular weight is 235 g/mol. The number of nitrogens with one attached hydrogen (secondary N) is 2. The smallest absolute Gasteiger partial charge is 0.226 e. The lowest BCUT2D eigenvalue weighted by atomic mass is 10.00. The van der Waals surface area contributed by atoms with Gasteiger partial charge < -0.3 is 15.5 Å². The SMILES string of the molecule is CC1NCCCC1Nc1ccnc(N(C)C)n1. The van der Waals surface area contributed by atoms with E-state index in [9.17, 15) is 0 Å². The van der Waals surface area contributed by atoms with Crippen LogP contribution in [0.5, 0.6) is 0 Å². The highest BCUT2D eigenvalue weighted by molar-refractivity contribution is 5.41. The lowest BCUT2D eigenvalue weighted by molar-refractivity contribution is 0.389. The van der Waals surface area contributed by atoms with E-state index in [0.717, 1.165) is 18.3 Å². The van der Waals surface area contributed by atoms with Gasteiger partial charge in [0.2, 0.25) is 5.95 Å². The zero-order chi connectivity index (χ0) is 12.3. The standard InChI is InChI=1S/C12H21N5/c1-9-10(5-4-7-13-9)15-11-6-8-14-12(16-11)17(2)3/h6,8-10,13H,4-5,7H2,1-3H3,(H,14,15,16). The Hall–Kier alpha value is -1.36. The van der Waals surface area contributed by atoms with Crippen LogP contribution < -0.4 is 15.5 Å². The van der Waals surface area contributed by atoms with Crippen molar-refractivity contribution in [2.45, 2.75) is 31.8 Å². The molecule has 94 valence electrons. The van der Waals surface area contributed by atoms with Gasteiger partial charge in [-0.25, -0.2) is 4.98 Å². The summed E-state index contributed by atoms with van der Waals surface area (Å²) in [5.74, 6) is 1.65. The third kappa shape index (κ3) is 3.06. The largest absolute Gasteiger partial charge is 0.366 e. The second kappa shape index (κ2) is 5.31. The molecular weight excluding hydrogens is 214 g/mol. The molecule has 1 fully saturated rings. The van der Waals surface area contributed by atoms with Gasteiger partial charge in [-0.2, -0.15) is 4.98 Å². The molecule has 5 nitrogen and oxygen atoms in total. The van der Waals surface area contributed by atoms with Crippen molar-refractivity contribution in [1.82, 2.24) is 15.3 Å². The van der Waals surface area contributed by atoms with Gasteiger partial charge in [-0.3, -0.25) is 0 Å². The molecule has 0 spiro atoms. The van der Waals surface area contributed by atoms with E-state index >= 15 is 0 Å². The van der Waals surface area contributed by atoms with Gasteiger partial charge in [0.1, 0.15) is 5.82 Å². The number of hydrogen-bond donors (Lipinski definition) is 2. The molecule has 0 bridgehead atoms. The van der Waals surface area contributed by atoms with E-state index in [2.05, 4.69) is 27.5 Å². The molecular formula is C12H21N5. The third-order valence-corrected chi connectivity index (χ3v) is 3.14. The predicted molar refractivity (Wildman–Crippen MR) is 70.5 cm³/mol. The summed E-state index contributed by atoms with van der Waals surface area (Å²) < 4.78 is 0. The molecule has 0 saturated carbocycles. The van der Waals surface area contributed by atoms with Crippen LogP contribution in [-0.2, 0) is 0 Å². The Morgan fingerprint density at radius 1 is 1.47 bits per heavy atom. The molecule has 1 aliphatic rings. The molecule has 0 aromatic carbocycles. The zero-order valence-corrected chi connectivity index (χ0v) is 10.8. The lowest BCUT2D eigenvalue weighted by Gasteiger charge is -2.31. The van der Waals surface area contributed by atoms with Gasteiger partial charge in [-0.1, -0.05) is 0 Å². The maximum Gasteiger partial charge on any atom is 0.226 e. The maximum absolute atomic E-state index is 4.48. The summed E-state index contributed by atoms with van der Waals surface area (Å²) in [5, 5.41) is 6.96. The fourth-order valence-electron chi connectivity index (χ4n) is 2.08.